The van der Waals surface area contributed by atoms with Crippen LogP contribution in [0.1, 0.15) is 22.1 Å². The molecular weight excluding hydrogens is 358 g/mol. The molecule has 0 saturated carbocycles. The Bertz CT molecular complexity index is 790. The number of rotatable bonds is 6. The van der Waals surface area contributed by atoms with Crippen LogP contribution in [-0.2, 0) is 11.8 Å². The van der Waals surface area contributed by atoms with Crippen molar-refractivity contribution in [2.24, 2.45) is 7.05 Å². The van der Waals surface area contributed by atoms with Gasteiger partial charge in [0.2, 0.25) is 0 Å². The fourth-order valence-electron chi connectivity index (χ4n) is 2.43. The molecule has 9 heteroatoms. The lowest BCUT2D eigenvalue weighted by Gasteiger charge is -2.19. The molecule has 1 heterocycles. The average Bonchev–Trinajstić information content (AvgIpc) is 3.01. The van der Waals surface area contributed by atoms with Gasteiger partial charge in [-0.2, -0.15) is 5.10 Å². The molecule has 0 spiro atoms. The molecule has 3 amide bonds. The van der Waals surface area contributed by atoms with Gasteiger partial charge < -0.3 is 20.3 Å². The number of hydrogen-bond acceptors (Lipinski definition) is 4. The van der Waals surface area contributed by atoms with E-state index in [4.69, 9.17) is 16.3 Å². The Morgan fingerprint density at radius 2 is 2.08 bits per heavy atom. The third-order valence-corrected chi connectivity index (χ3v) is 4.04. The van der Waals surface area contributed by atoms with Crippen molar-refractivity contribution in [3.63, 3.8) is 0 Å². The van der Waals surface area contributed by atoms with Crippen molar-refractivity contribution < 1.29 is 14.3 Å². The summed E-state index contributed by atoms with van der Waals surface area (Å²) in [7, 11) is 6.61. The molecule has 0 saturated heterocycles. The minimum Gasteiger partial charge on any atom is -0.382 e. The molecule has 0 aliphatic carbocycles. The Balaban J connectivity index is 2.12. The predicted molar refractivity (Wildman–Crippen MR) is 99.4 cm³/mol. The molecule has 2 aromatic rings. The number of anilines is 1. The van der Waals surface area contributed by atoms with E-state index in [2.05, 4.69) is 15.7 Å². The lowest BCUT2D eigenvalue weighted by molar-refractivity contribution is 0.0828. The normalized spacial score (nSPS) is 11.7. The van der Waals surface area contributed by atoms with Crippen LogP contribution in [0.2, 0.25) is 5.02 Å². The number of aromatic nitrogens is 2. The number of amides is 3. The number of nitrogens with zero attached hydrogens (tertiary/aromatic N) is 3. The Morgan fingerprint density at radius 1 is 1.35 bits per heavy atom. The number of halogens is 1. The Labute approximate surface area is 157 Å². The van der Waals surface area contributed by atoms with Crippen LogP contribution in [0.15, 0.2) is 30.5 Å². The summed E-state index contributed by atoms with van der Waals surface area (Å²) in [6.07, 6.45) is 1.65. The zero-order valence-electron chi connectivity index (χ0n) is 15.1. The van der Waals surface area contributed by atoms with E-state index in [1.165, 1.54) is 4.90 Å². The highest BCUT2D eigenvalue weighted by molar-refractivity contribution is 6.34. The lowest BCUT2D eigenvalue weighted by atomic mass is 10.1. The maximum absolute atomic E-state index is 12.4. The van der Waals surface area contributed by atoms with Crippen molar-refractivity contribution in [3.05, 3.63) is 46.7 Å². The highest BCUT2D eigenvalue weighted by atomic mass is 35.5. The van der Waals surface area contributed by atoms with Crippen molar-refractivity contribution in [2.45, 2.75) is 6.04 Å². The molecule has 2 N–H and O–H groups in total. The van der Waals surface area contributed by atoms with Crippen molar-refractivity contribution in [2.75, 3.05) is 33.1 Å². The first kappa shape index (κ1) is 19.7. The molecule has 140 valence electrons. The summed E-state index contributed by atoms with van der Waals surface area (Å²) in [6.45, 7) is 0.290. The molecule has 0 aliphatic rings. The Morgan fingerprint density at radius 3 is 2.65 bits per heavy atom. The van der Waals surface area contributed by atoms with Gasteiger partial charge in [0.1, 0.15) is 0 Å². The van der Waals surface area contributed by atoms with Crippen LogP contribution in [0, 0.1) is 0 Å². The fourth-order valence-corrected chi connectivity index (χ4v) is 2.63. The van der Waals surface area contributed by atoms with E-state index in [0.29, 0.717) is 16.3 Å². The summed E-state index contributed by atoms with van der Waals surface area (Å²) in [5.74, 6) is -0.244. The van der Waals surface area contributed by atoms with Crippen LogP contribution in [0.4, 0.5) is 10.5 Å². The summed E-state index contributed by atoms with van der Waals surface area (Å²) in [4.78, 5) is 25.9. The second kappa shape index (κ2) is 8.68. The van der Waals surface area contributed by atoms with E-state index in [9.17, 15) is 9.59 Å². The number of nitrogens with one attached hydrogen (secondary N) is 2. The van der Waals surface area contributed by atoms with Gasteiger partial charge >= 0.3 is 6.03 Å². The van der Waals surface area contributed by atoms with Gasteiger partial charge in [0, 0.05) is 40.1 Å². The molecule has 0 radical (unpaired) electrons. The van der Waals surface area contributed by atoms with Gasteiger partial charge in [-0.3, -0.25) is 9.48 Å². The average molecular weight is 380 g/mol. The summed E-state index contributed by atoms with van der Waals surface area (Å²) in [5.41, 5.74) is 1.58. The van der Waals surface area contributed by atoms with Gasteiger partial charge in [-0.1, -0.05) is 11.6 Å². The van der Waals surface area contributed by atoms with Crippen LogP contribution in [0.3, 0.4) is 0 Å². The molecule has 0 bridgehead atoms. The summed E-state index contributed by atoms with van der Waals surface area (Å²) < 4.78 is 6.84. The molecule has 2 rings (SSSR count). The molecule has 1 atom stereocenters. The Kier molecular flexibility index (Phi) is 6.59. The van der Waals surface area contributed by atoms with Gasteiger partial charge in [0.05, 0.1) is 28.9 Å². The number of urea groups is 1. The highest BCUT2D eigenvalue weighted by Gasteiger charge is 2.19. The van der Waals surface area contributed by atoms with Gasteiger partial charge in [-0.05, 0) is 24.3 Å². The minimum atomic E-state index is -0.432. The fraction of sp³-hybridized carbons (Fsp3) is 0.353. The van der Waals surface area contributed by atoms with Crippen LogP contribution in [-0.4, -0.2) is 54.4 Å². The van der Waals surface area contributed by atoms with Gasteiger partial charge in [0.15, 0.2) is 0 Å². The zero-order chi connectivity index (χ0) is 19.3. The van der Waals surface area contributed by atoms with E-state index in [0.717, 1.165) is 5.69 Å². The second-order valence-corrected chi connectivity index (χ2v) is 6.29. The van der Waals surface area contributed by atoms with Crippen LogP contribution < -0.4 is 10.6 Å². The van der Waals surface area contributed by atoms with Crippen molar-refractivity contribution in [1.29, 1.82) is 0 Å². The van der Waals surface area contributed by atoms with E-state index in [1.807, 2.05) is 0 Å². The number of carbonyl (C=O) groups excluding carboxylic acids is 2. The van der Waals surface area contributed by atoms with E-state index in [-0.39, 0.29) is 18.6 Å². The summed E-state index contributed by atoms with van der Waals surface area (Å²) in [5, 5.41) is 9.96. The van der Waals surface area contributed by atoms with Crippen LogP contribution in [0.25, 0.3) is 0 Å². The van der Waals surface area contributed by atoms with Gasteiger partial charge in [-0.25, -0.2) is 4.79 Å². The van der Waals surface area contributed by atoms with Gasteiger partial charge in [0.25, 0.3) is 5.91 Å². The third-order valence-electron chi connectivity index (χ3n) is 3.72. The molecule has 8 nitrogen and oxygen atoms in total. The smallest absolute Gasteiger partial charge is 0.319 e. The topological polar surface area (TPSA) is 88.5 Å². The van der Waals surface area contributed by atoms with Crippen molar-refractivity contribution in [1.82, 2.24) is 20.0 Å². The van der Waals surface area contributed by atoms with Crippen molar-refractivity contribution >= 4 is 29.2 Å². The van der Waals surface area contributed by atoms with Gasteiger partial charge in [-0.15, -0.1) is 0 Å². The first-order valence-corrected chi connectivity index (χ1v) is 8.26. The standard InChI is InChI=1S/C17H22ClN5O3/c1-22(2)16(24)12-9-11(5-6-13(12)18)20-17(25)21-14(10-26-4)15-7-8-19-23(15)3/h5-9,14H,10H2,1-4H3,(H2,20,21,25)/t14-/m1/s1. The second-order valence-electron chi connectivity index (χ2n) is 5.88. The number of benzene rings is 1. The predicted octanol–water partition coefficient (Wildman–Crippen LogP) is 2.28. The SMILES string of the molecule is COC[C@@H](NC(=O)Nc1ccc(Cl)c(C(=O)N(C)C)c1)c1ccnn1C. The summed E-state index contributed by atoms with van der Waals surface area (Å²) >= 11 is 6.08. The monoisotopic (exact) mass is 379 g/mol. The number of methoxy groups -OCH3 is 1. The number of carbonyl (C=O) groups is 2. The van der Waals surface area contributed by atoms with E-state index in [1.54, 1.807) is 63.4 Å². The van der Waals surface area contributed by atoms with Crippen LogP contribution >= 0.6 is 11.6 Å². The number of ether oxygens (including phenoxy) is 1. The molecule has 0 fully saturated rings. The zero-order valence-corrected chi connectivity index (χ0v) is 15.9. The molecule has 0 aliphatic heterocycles. The molecule has 0 unspecified atom stereocenters. The molecule has 1 aromatic heterocycles. The maximum Gasteiger partial charge on any atom is 0.319 e. The number of aryl methyl sites for hydroxylation is 1. The van der Waals surface area contributed by atoms with E-state index >= 15 is 0 Å². The Hall–Kier alpha value is -2.58. The first-order chi connectivity index (χ1) is 12.3. The molecule has 1 aromatic carbocycles. The van der Waals surface area contributed by atoms with E-state index < -0.39 is 6.03 Å². The third kappa shape index (κ3) is 4.74. The quantitative estimate of drug-likeness (QED) is 0.805. The largest absolute Gasteiger partial charge is 0.382 e. The minimum absolute atomic E-state index is 0.244. The van der Waals surface area contributed by atoms with Crippen LogP contribution in [0.5, 0.6) is 0 Å². The molecule has 26 heavy (non-hydrogen) atoms. The summed E-state index contributed by atoms with van der Waals surface area (Å²) in [6, 6.07) is 5.74. The van der Waals surface area contributed by atoms with Crippen molar-refractivity contribution in [3.8, 4) is 0 Å². The number of hydrogen-bond donors (Lipinski definition) is 2. The maximum atomic E-state index is 12.4. The first-order valence-electron chi connectivity index (χ1n) is 7.89. The highest BCUT2D eigenvalue weighted by Crippen LogP contribution is 2.22. The lowest BCUT2D eigenvalue weighted by Crippen LogP contribution is -2.35. The molecular formula is C17H22ClN5O3.